The van der Waals surface area contributed by atoms with E-state index in [4.69, 9.17) is 11.6 Å². The van der Waals surface area contributed by atoms with Crippen LogP contribution < -0.4 is 5.32 Å². The summed E-state index contributed by atoms with van der Waals surface area (Å²) in [5, 5.41) is 7.24. The molecule has 114 valence electrons. The minimum Gasteiger partial charge on any atom is -0.354 e. The van der Waals surface area contributed by atoms with Crippen molar-refractivity contribution >= 4 is 17.5 Å². The van der Waals surface area contributed by atoms with Gasteiger partial charge in [-0.2, -0.15) is 24.7 Å². The lowest BCUT2D eigenvalue weighted by atomic mass is 10.3. The summed E-state index contributed by atoms with van der Waals surface area (Å²) >= 11 is 5.90. The first-order valence-corrected chi connectivity index (χ1v) is 7.14. The molecule has 2 heterocycles. The Morgan fingerprint density at radius 1 is 1.33 bits per heavy atom. The first kappa shape index (κ1) is 15.6. The highest BCUT2D eigenvalue weighted by Gasteiger charge is 2.07. The molecule has 2 aromatic heterocycles. The number of aromatic nitrogens is 6. The van der Waals surface area contributed by atoms with E-state index < -0.39 is 0 Å². The van der Waals surface area contributed by atoms with E-state index in [1.165, 1.54) is 17.3 Å². The van der Waals surface area contributed by atoms with Crippen LogP contribution in [0.15, 0.2) is 12.7 Å². The second-order valence-electron chi connectivity index (χ2n) is 4.92. The van der Waals surface area contributed by atoms with Gasteiger partial charge in [0.05, 0.1) is 0 Å². The van der Waals surface area contributed by atoms with Gasteiger partial charge in [0.2, 0.25) is 11.2 Å². The number of nitrogens with one attached hydrogen (secondary N) is 1. The Morgan fingerprint density at radius 2 is 2.14 bits per heavy atom. The topological polar surface area (TPSA) is 84.6 Å². The molecule has 0 aliphatic carbocycles. The van der Waals surface area contributed by atoms with Crippen LogP contribution in [0.3, 0.4) is 0 Å². The fourth-order valence-electron chi connectivity index (χ4n) is 1.62. The molecule has 8 nitrogen and oxygen atoms in total. The summed E-state index contributed by atoms with van der Waals surface area (Å²) < 4.78 is 1.44. The van der Waals surface area contributed by atoms with Crippen molar-refractivity contribution in [2.75, 3.05) is 25.5 Å². The van der Waals surface area contributed by atoms with E-state index in [0.29, 0.717) is 17.9 Å². The van der Waals surface area contributed by atoms with E-state index in [1.54, 1.807) is 0 Å². The minimum absolute atomic E-state index is 0.122. The number of hydrogen-bond acceptors (Lipinski definition) is 7. The molecule has 0 saturated heterocycles. The van der Waals surface area contributed by atoms with Gasteiger partial charge in [-0.1, -0.05) is 0 Å². The molecule has 0 radical (unpaired) electrons. The molecule has 0 spiro atoms. The summed E-state index contributed by atoms with van der Waals surface area (Å²) in [6, 6.07) is 0.538. The van der Waals surface area contributed by atoms with Crippen molar-refractivity contribution in [2.45, 2.75) is 26.3 Å². The highest BCUT2D eigenvalue weighted by molar-refractivity contribution is 6.28. The van der Waals surface area contributed by atoms with Crippen LogP contribution >= 0.6 is 11.6 Å². The van der Waals surface area contributed by atoms with E-state index in [0.717, 1.165) is 19.5 Å². The smallest absolute Gasteiger partial charge is 0.258 e. The number of hydrogen-bond donors (Lipinski definition) is 1. The van der Waals surface area contributed by atoms with Gasteiger partial charge in [0, 0.05) is 12.6 Å². The lowest BCUT2D eigenvalue weighted by molar-refractivity contribution is 0.273. The second kappa shape index (κ2) is 7.28. The van der Waals surface area contributed by atoms with Gasteiger partial charge in [0.25, 0.3) is 5.95 Å². The average molecular weight is 311 g/mol. The number of nitrogens with zero attached hydrogens (tertiary/aromatic N) is 7. The summed E-state index contributed by atoms with van der Waals surface area (Å²) in [6.07, 6.45) is 3.90. The van der Waals surface area contributed by atoms with Crippen LogP contribution in [0.25, 0.3) is 5.95 Å². The normalized spacial score (nSPS) is 11.3. The molecular weight excluding hydrogens is 292 g/mol. The van der Waals surface area contributed by atoms with Gasteiger partial charge in [-0.15, -0.1) is 0 Å². The molecule has 2 aromatic rings. The van der Waals surface area contributed by atoms with Crippen LogP contribution in [0, 0.1) is 0 Å². The zero-order chi connectivity index (χ0) is 15.2. The van der Waals surface area contributed by atoms with Gasteiger partial charge in [0.15, 0.2) is 0 Å². The molecule has 21 heavy (non-hydrogen) atoms. The molecule has 0 aliphatic heterocycles. The van der Waals surface area contributed by atoms with Gasteiger partial charge in [0.1, 0.15) is 12.7 Å². The fourth-order valence-corrected chi connectivity index (χ4v) is 1.78. The van der Waals surface area contributed by atoms with E-state index in [2.05, 4.69) is 56.1 Å². The standard InChI is InChI=1S/C12H19ClN8/c1-9(2)20(3)6-4-5-15-11-17-10(13)18-12(19-11)21-8-14-7-16-21/h7-9H,4-6H2,1-3H3,(H,15,17,18,19). The van der Waals surface area contributed by atoms with E-state index in [1.807, 2.05) is 0 Å². The van der Waals surface area contributed by atoms with E-state index >= 15 is 0 Å². The van der Waals surface area contributed by atoms with Crippen molar-refractivity contribution < 1.29 is 0 Å². The average Bonchev–Trinajstić information content (AvgIpc) is 2.96. The van der Waals surface area contributed by atoms with Gasteiger partial charge in [-0.3, -0.25) is 0 Å². The zero-order valence-electron chi connectivity index (χ0n) is 12.4. The van der Waals surface area contributed by atoms with Crippen molar-refractivity contribution in [2.24, 2.45) is 0 Å². The maximum absolute atomic E-state index is 5.90. The number of rotatable bonds is 7. The summed E-state index contributed by atoms with van der Waals surface area (Å²) in [5.74, 6) is 0.780. The summed E-state index contributed by atoms with van der Waals surface area (Å²) in [6.45, 7) is 6.10. The summed E-state index contributed by atoms with van der Waals surface area (Å²) in [5.41, 5.74) is 0. The largest absolute Gasteiger partial charge is 0.354 e. The number of anilines is 1. The van der Waals surface area contributed by atoms with Crippen molar-refractivity contribution in [3.05, 3.63) is 17.9 Å². The highest BCUT2D eigenvalue weighted by Crippen LogP contribution is 2.08. The SMILES string of the molecule is CC(C)N(C)CCCNc1nc(Cl)nc(-n2cncn2)n1. The molecule has 0 atom stereocenters. The second-order valence-corrected chi connectivity index (χ2v) is 5.26. The third-order valence-corrected chi connectivity index (χ3v) is 3.24. The Bertz CT molecular complexity index is 556. The molecule has 0 bridgehead atoms. The first-order chi connectivity index (χ1) is 10.1. The van der Waals surface area contributed by atoms with Crippen molar-refractivity contribution in [1.29, 1.82) is 0 Å². The Labute approximate surface area is 128 Å². The third-order valence-electron chi connectivity index (χ3n) is 3.07. The quantitative estimate of drug-likeness (QED) is 0.770. The van der Waals surface area contributed by atoms with Crippen molar-refractivity contribution in [1.82, 2.24) is 34.6 Å². The van der Waals surface area contributed by atoms with Crippen LogP contribution in [0.4, 0.5) is 5.95 Å². The van der Waals surface area contributed by atoms with Gasteiger partial charge < -0.3 is 10.2 Å². The fraction of sp³-hybridized carbons (Fsp3) is 0.583. The lowest BCUT2D eigenvalue weighted by Gasteiger charge is -2.20. The predicted octanol–water partition coefficient (Wildman–Crippen LogP) is 1.25. The van der Waals surface area contributed by atoms with Crippen LogP contribution in [0.5, 0.6) is 0 Å². The molecule has 0 saturated carbocycles. The highest BCUT2D eigenvalue weighted by atomic mass is 35.5. The zero-order valence-corrected chi connectivity index (χ0v) is 13.1. The maximum atomic E-state index is 5.90. The molecule has 0 aromatic carbocycles. The summed E-state index contributed by atoms with van der Waals surface area (Å²) in [4.78, 5) is 18.5. The lowest BCUT2D eigenvalue weighted by Crippen LogP contribution is -2.28. The van der Waals surface area contributed by atoms with E-state index in [-0.39, 0.29) is 5.28 Å². The molecule has 0 amide bonds. The van der Waals surface area contributed by atoms with Gasteiger partial charge in [-0.25, -0.2) is 4.98 Å². The minimum atomic E-state index is 0.122. The summed E-state index contributed by atoms with van der Waals surface area (Å²) in [7, 11) is 2.10. The molecule has 0 unspecified atom stereocenters. The maximum Gasteiger partial charge on any atom is 0.258 e. The van der Waals surface area contributed by atoms with Crippen molar-refractivity contribution in [3.8, 4) is 5.95 Å². The Kier molecular flexibility index (Phi) is 5.40. The molecular formula is C12H19ClN8. The monoisotopic (exact) mass is 310 g/mol. The van der Waals surface area contributed by atoms with E-state index in [9.17, 15) is 0 Å². The van der Waals surface area contributed by atoms with Gasteiger partial charge in [-0.05, 0) is 45.5 Å². The van der Waals surface area contributed by atoms with Crippen LogP contribution in [-0.4, -0.2) is 60.8 Å². The van der Waals surface area contributed by atoms with Gasteiger partial charge >= 0.3 is 0 Å². The Balaban J connectivity index is 1.92. The molecule has 0 fully saturated rings. The van der Waals surface area contributed by atoms with Crippen LogP contribution in [0.1, 0.15) is 20.3 Å². The van der Waals surface area contributed by atoms with Crippen molar-refractivity contribution in [3.63, 3.8) is 0 Å². The molecule has 9 heteroatoms. The number of halogens is 1. The Hall–Kier alpha value is -1.80. The van der Waals surface area contributed by atoms with Crippen LogP contribution in [-0.2, 0) is 0 Å². The third kappa shape index (κ3) is 4.61. The predicted molar refractivity (Wildman–Crippen MR) is 80.6 cm³/mol. The molecule has 1 N–H and O–H groups in total. The van der Waals surface area contributed by atoms with Crippen LogP contribution in [0.2, 0.25) is 5.28 Å². The molecule has 2 rings (SSSR count). The first-order valence-electron chi connectivity index (χ1n) is 6.77. The molecule has 0 aliphatic rings. The Morgan fingerprint density at radius 3 is 2.81 bits per heavy atom.